The quantitative estimate of drug-likeness (QED) is 0.514. The van der Waals surface area contributed by atoms with Gasteiger partial charge in [0.05, 0.1) is 7.11 Å². The third kappa shape index (κ3) is 7.76. The summed E-state index contributed by atoms with van der Waals surface area (Å²) in [5, 5.41) is 9.43. The van der Waals surface area contributed by atoms with Crippen molar-refractivity contribution in [1.82, 2.24) is 16.0 Å². The minimum absolute atomic E-state index is 0.0928. The maximum Gasteiger partial charge on any atom is 0.242 e. The van der Waals surface area contributed by atoms with Crippen LogP contribution in [0.25, 0.3) is 0 Å². The molecule has 0 bridgehead atoms. The van der Waals surface area contributed by atoms with Crippen LogP contribution in [0.1, 0.15) is 47.1 Å². The smallest absolute Gasteiger partial charge is 0.242 e. The van der Waals surface area contributed by atoms with Gasteiger partial charge in [0.15, 0.2) is 5.96 Å². The highest BCUT2D eigenvalue weighted by molar-refractivity contribution is 5.85. The zero-order valence-corrected chi connectivity index (χ0v) is 17.2. The van der Waals surface area contributed by atoms with Crippen LogP contribution in [0.15, 0.2) is 29.3 Å². The average Bonchev–Trinajstić information content (AvgIpc) is 2.56. The molecule has 146 valence electrons. The molecule has 3 N–H and O–H groups in total. The maximum atomic E-state index is 12.0. The van der Waals surface area contributed by atoms with E-state index in [0.29, 0.717) is 12.5 Å². The molecule has 1 aromatic rings. The van der Waals surface area contributed by atoms with Gasteiger partial charge in [-0.15, -0.1) is 0 Å². The van der Waals surface area contributed by atoms with Gasteiger partial charge in [0.25, 0.3) is 0 Å². The fourth-order valence-corrected chi connectivity index (χ4v) is 2.40. The lowest BCUT2D eigenvalue weighted by Crippen LogP contribution is -2.45. The summed E-state index contributed by atoms with van der Waals surface area (Å²) in [7, 11) is 1.66. The Morgan fingerprint density at radius 3 is 2.19 bits per heavy atom. The molecule has 0 unspecified atom stereocenters. The summed E-state index contributed by atoms with van der Waals surface area (Å²) < 4.78 is 5.22. The highest BCUT2D eigenvalue weighted by atomic mass is 16.5. The Kier molecular flexibility index (Phi) is 7.93. The first-order valence-corrected chi connectivity index (χ1v) is 9.05. The SMILES string of the molecule is CCNC(=NCC(=O)NC(C)(C)C)NCC(C)(C)c1ccc(OC)cc1. The number of amides is 1. The van der Waals surface area contributed by atoms with Crippen LogP contribution in [0.4, 0.5) is 0 Å². The number of ether oxygens (including phenoxy) is 1. The van der Waals surface area contributed by atoms with Crippen LogP contribution in [-0.4, -0.2) is 44.1 Å². The van der Waals surface area contributed by atoms with Crippen molar-refractivity contribution in [2.24, 2.45) is 4.99 Å². The van der Waals surface area contributed by atoms with Crippen LogP contribution in [0.2, 0.25) is 0 Å². The molecular formula is C20H34N4O2. The summed E-state index contributed by atoms with van der Waals surface area (Å²) >= 11 is 0. The van der Waals surface area contributed by atoms with Crippen molar-refractivity contribution in [3.63, 3.8) is 0 Å². The number of nitrogens with zero attached hydrogens (tertiary/aromatic N) is 1. The molecule has 0 aliphatic heterocycles. The third-order valence-corrected chi connectivity index (χ3v) is 3.81. The topological polar surface area (TPSA) is 74.8 Å². The number of nitrogens with one attached hydrogen (secondary N) is 3. The van der Waals surface area contributed by atoms with Crippen LogP contribution >= 0.6 is 0 Å². The van der Waals surface area contributed by atoms with Gasteiger partial charge in [-0.1, -0.05) is 26.0 Å². The van der Waals surface area contributed by atoms with Crippen molar-refractivity contribution < 1.29 is 9.53 Å². The van der Waals surface area contributed by atoms with E-state index in [4.69, 9.17) is 4.74 Å². The number of rotatable bonds is 7. The summed E-state index contributed by atoms with van der Waals surface area (Å²) in [6.45, 7) is 13.7. The fraction of sp³-hybridized carbons (Fsp3) is 0.600. The highest BCUT2D eigenvalue weighted by Crippen LogP contribution is 2.24. The molecule has 0 heterocycles. The van der Waals surface area contributed by atoms with Gasteiger partial charge in [-0.2, -0.15) is 0 Å². The molecule has 0 atom stereocenters. The van der Waals surface area contributed by atoms with Crippen LogP contribution in [0.3, 0.4) is 0 Å². The normalized spacial score (nSPS) is 12.5. The Morgan fingerprint density at radius 1 is 1.08 bits per heavy atom. The number of guanidine groups is 1. The molecule has 0 fully saturated rings. The van der Waals surface area contributed by atoms with Gasteiger partial charge in [-0.25, -0.2) is 4.99 Å². The molecule has 6 heteroatoms. The number of carbonyl (C=O) groups excluding carboxylic acids is 1. The molecule has 1 aromatic carbocycles. The molecule has 26 heavy (non-hydrogen) atoms. The average molecular weight is 363 g/mol. The molecule has 0 aliphatic rings. The van der Waals surface area contributed by atoms with E-state index in [-0.39, 0.29) is 23.4 Å². The van der Waals surface area contributed by atoms with Crippen molar-refractivity contribution >= 4 is 11.9 Å². The van der Waals surface area contributed by atoms with Crippen molar-refractivity contribution in [2.75, 3.05) is 26.7 Å². The van der Waals surface area contributed by atoms with Crippen molar-refractivity contribution in [3.8, 4) is 5.75 Å². The zero-order chi connectivity index (χ0) is 19.8. The van der Waals surface area contributed by atoms with Crippen molar-refractivity contribution in [2.45, 2.75) is 52.5 Å². The van der Waals surface area contributed by atoms with E-state index in [1.165, 1.54) is 5.56 Å². The largest absolute Gasteiger partial charge is 0.497 e. The number of benzene rings is 1. The molecule has 0 aromatic heterocycles. The van der Waals surface area contributed by atoms with Gasteiger partial charge in [0, 0.05) is 24.0 Å². The van der Waals surface area contributed by atoms with Gasteiger partial charge in [0.2, 0.25) is 5.91 Å². The predicted octanol–water partition coefficient (Wildman–Crippen LogP) is 2.44. The number of carbonyl (C=O) groups is 1. The molecule has 0 aliphatic carbocycles. The van der Waals surface area contributed by atoms with Crippen LogP contribution in [-0.2, 0) is 10.2 Å². The van der Waals surface area contributed by atoms with E-state index >= 15 is 0 Å². The van der Waals surface area contributed by atoms with Crippen molar-refractivity contribution in [1.29, 1.82) is 0 Å². The maximum absolute atomic E-state index is 12.0. The first-order chi connectivity index (χ1) is 12.1. The molecule has 0 saturated heterocycles. The summed E-state index contributed by atoms with van der Waals surface area (Å²) in [4.78, 5) is 16.3. The molecule has 0 saturated carbocycles. The van der Waals surface area contributed by atoms with Crippen LogP contribution in [0.5, 0.6) is 5.75 Å². The second kappa shape index (κ2) is 9.46. The highest BCUT2D eigenvalue weighted by Gasteiger charge is 2.21. The first kappa shape index (κ1) is 21.8. The molecule has 1 amide bonds. The first-order valence-electron chi connectivity index (χ1n) is 9.05. The predicted molar refractivity (Wildman–Crippen MR) is 108 cm³/mol. The number of hydrogen-bond donors (Lipinski definition) is 3. The Labute approximate surface area is 157 Å². The lowest BCUT2D eigenvalue weighted by Gasteiger charge is -2.27. The third-order valence-electron chi connectivity index (χ3n) is 3.81. The zero-order valence-electron chi connectivity index (χ0n) is 17.2. The Hall–Kier alpha value is -2.24. The number of hydrogen-bond acceptors (Lipinski definition) is 3. The van der Waals surface area contributed by atoms with E-state index in [2.05, 4.69) is 46.9 Å². The van der Waals surface area contributed by atoms with E-state index in [1.807, 2.05) is 39.8 Å². The van der Waals surface area contributed by atoms with Crippen LogP contribution in [0, 0.1) is 0 Å². The minimum Gasteiger partial charge on any atom is -0.497 e. The fourth-order valence-electron chi connectivity index (χ4n) is 2.40. The summed E-state index contributed by atoms with van der Waals surface area (Å²) in [6.07, 6.45) is 0. The van der Waals surface area contributed by atoms with Gasteiger partial charge < -0.3 is 20.7 Å². The molecule has 0 spiro atoms. The summed E-state index contributed by atoms with van der Waals surface area (Å²) in [5.41, 5.74) is 0.845. The number of aliphatic imine (C=N–C) groups is 1. The lowest BCUT2D eigenvalue weighted by molar-refractivity contribution is -0.121. The summed E-state index contributed by atoms with van der Waals surface area (Å²) in [6, 6.07) is 8.07. The lowest BCUT2D eigenvalue weighted by atomic mass is 9.84. The standard InChI is InChI=1S/C20H34N4O2/c1-8-21-18(22-13-17(25)24-19(2,3)4)23-14-20(5,6)15-9-11-16(26-7)12-10-15/h9-12H,8,13-14H2,1-7H3,(H,24,25)(H2,21,22,23). The molecular weight excluding hydrogens is 328 g/mol. The second-order valence-electron chi connectivity index (χ2n) is 7.96. The Bertz CT molecular complexity index is 601. The number of methoxy groups -OCH3 is 1. The summed E-state index contributed by atoms with van der Waals surface area (Å²) in [5.74, 6) is 1.39. The molecule has 0 radical (unpaired) electrons. The van der Waals surface area contributed by atoms with E-state index in [9.17, 15) is 4.79 Å². The van der Waals surface area contributed by atoms with Crippen molar-refractivity contribution in [3.05, 3.63) is 29.8 Å². The Morgan fingerprint density at radius 2 is 1.69 bits per heavy atom. The molecule has 1 rings (SSSR count). The van der Waals surface area contributed by atoms with E-state index in [1.54, 1.807) is 7.11 Å². The monoisotopic (exact) mass is 362 g/mol. The van der Waals surface area contributed by atoms with Gasteiger partial charge in [0.1, 0.15) is 12.3 Å². The van der Waals surface area contributed by atoms with Gasteiger partial charge in [-0.05, 0) is 45.4 Å². The minimum atomic E-state index is -0.255. The van der Waals surface area contributed by atoms with Gasteiger partial charge in [-0.3, -0.25) is 4.79 Å². The second-order valence-corrected chi connectivity index (χ2v) is 7.96. The van der Waals surface area contributed by atoms with Crippen LogP contribution < -0.4 is 20.7 Å². The Balaban J connectivity index is 2.70. The van der Waals surface area contributed by atoms with E-state index in [0.717, 1.165) is 12.3 Å². The molecule has 6 nitrogen and oxygen atoms in total. The van der Waals surface area contributed by atoms with Gasteiger partial charge >= 0.3 is 0 Å². The van der Waals surface area contributed by atoms with E-state index < -0.39 is 0 Å².